The van der Waals surface area contributed by atoms with Crippen LogP contribution in [0.4, 0.5) is 5.69 Å². The molecular weight excluding hydrogens is 356 g/mol. The van der Waals surface area contributed by atoms with Crippen molar-refractivity contribution in [3.05, 3.63) is 63.8 Å². The number of amides is 1. The summed E-state index contributed by atoms with van der Waals surface area (Å²) in [5, 5.41) is 7.20. The van der Waals surface area contributed by atoms with Crippen molar-refractivity contribution < 1.29 is 9.32 Å². The molecule has 1 aromatic carbocycles. The summed E-state index contributed by atoms with van der Waals surface area (Å²) in [6, 6.07) is 9.79. The van der Waals surface area contributed by atoms with Crippen LogP contribution in [-0.4, -0.2) is 20.6 Å². The summed E-state index contributed by atoms with van der Waals surface area (Å²) in [7, 11) is 0. The van der Waals surface area contributed by atoms with Gasteiger partial charge in [-0.25, -0.2) is 0 Å². The summed E-state index contributed by atoms with van der Waals surface area (Å²) in [5.74, 6) is 1.07. The van der Waals surface area contributed by atoms with Crippen LogP contribution in [-0.2, 0) is 11.3 Å². The van der Waals surface area contributed by atoms with Crippen LogP contribution >= 0.6 is 11.6 Å². The van der Waals surface area contributed by atoms with Crippen LogP contribution in [0.1, 0.15) is 24.6 Å². The standard InChI is InChI=1S/C18H15ClN4O3/c19-13-2-1-3-14(8-13)20-15(24)10-23-9-12(6-7-16(23)25)18-21-17(22-26-18)11-4-5-11/h1-3,6-9,11H,4-5,10H2,(H,20,24). The summed E-state index contributed by atoms with van der Waals surface area (Å²) >= 11 is 5.90. The van der Waals surface area contributed by atoms with E-state index in [9.17, 15) is 9.59 Å². The number of nitrogens with one attached hydrogen (secondary N) is 1. The van der Waals surface area contributed by atoms with E-state index in [1.165, 1.54) is 10.6 Å². The minimum absolute atomic E-state index is 0.136. The molecule has 2 aromatic heterocycles. The second-order valence-corrected chi connectivity index (χ2v) is 6.61. The second kappa shape index (κ2) is 6.76. The Bertz CT molecular complexity index is 1020. The van der Waals surface area contributed by atoms with Gasteiger partial charge < -0.3 is 14.4 Å². The third-order valence-corrected chi connectivity index (χ3v) is 4.27. The van der Waals surface area contributed by atoms with Gasteiger partial charge in [0.1, 0.15) is 6.54 Å². The van der Waals surface area contributed by atoms with Crippen molar-refractivity contribution in [3.8, 4) is 11.5 Å². The molecule has 1 aliphatic rings. The maximum Gasteiger partial charge on any atom is 0.259 e. The summed E-state index contributed by atoms with van der Waals surface area (Å²) in [6.07, 6.45) is 3.69. The highest BCUT2D eigenvalue weighted by molar-refractivity contribution is 6.30. The summed E-state index contributed by atoms with van der Waals surface area (Å²) in [6.45, 7) is -0.136. The van der Waals surface area contributed by atoms with Crippen molar-refractivity contribution in [2.75, 3.05) is 5.32 Å². The van der Waals surface area contributed by atoms with Crippen molar-refractivity contribution >= 4 is 23.2 Å². The zero-order valence-electron chi connectivity index (χ0n) is 13.7. The Morgan fingerprint density at radius 3 is 2.92 bits per heavy atom. The van der Waals surface area contributed by atoms with Gasteiger partial charge in [-0.2, -0.15) is 4.98 Å². The Balaban J connectivity index is 1.52. The third kappa shape index (κ3) is 3.67. The highest BCUT2D eigenvalue weighted by Gasteiger charge is 2.29. The molecule has 7 nitrogen and oxygen atoms in total. The van der Waals surface area contributed by atoms with Gasteiger partial charge in [-0.05, 0) is 37.1 Å². The normalized spacial score (nSPS) is 13.6. The molecule has 0 unspecified atom stereocenters. The van der Waals surface area contributed by atoms with Crippen LogP contribution in [0.15, 0.2) is 51.9 Å². The first-order valence-electron chi connectivity index (χ1n) is 8.18. The van der Waals surface area contributed by atoms with Gasteiger partial charge >= 0.3 is 0 Å². The van der Waals surface area contributed by atoms with Gasteiger partial charge in [-0.15, -0.1) is 0 Å². The highest BCUT2D eigenvalue weighted by atomic mass is 35.5. The van der Waals surface area contributed by atoms with Crippen molar-refractivity contribution in [2.24, 2.45) is 0 Å². The molecule has 0 atom stereocenters. The number of benzene rings is 1. The van der Waals surface area contributed by atoms with Crippen molar-refractivity contribution in [3.63, 3.8) is 0 Å². The van der Waals surface area contributed by atoms with E-state index in [4.69, 9.17) is 16.1 Å². The number of carbonyl (C=O) groups is 1. The highest BCUT2D eigenvalue weighted by Crippen LogP contribution is 2.38. The molecular formula is C18H15ClN4O3. The Morgan fingerprint density at radius 1 is 1.31 bits per heavy atom. The number of pyridine rings is 1. The molecule has 1 amide bonds. The number of anilines is 1. The van der Waals surface area contributed by atoms with Gasteiger partial charge in [-0.1, -0.05) is 22.8 Å². The number of rotatable bonds is 5. The first-order valence-corrected chi connectivity index (χ1v) is 8.56. The molecule has 0 bridgehead atoms. The zero-order valence-corrected chi connectivity index (χ0v) is 14.4. The van der Waals surface area contributed by atoms with E-state index in [0.717, 1.165) is 12.8 Å². The number of carbonyl (C=O) groups excluding carboxylic acids is 1. The molecule has 8 heteroatoms. The van der Waals surface area contributed by atoms with Gasteiger partial charge in [0, 0.05) is 28.9 Å². The molecule has 0 radical (unpaired) electrons. The van der Waals surface area contributed by atoms with Gasteiger partial charge in [0.2, 0.25) is 5.91 Å². The van der Waals surface area contributed by atoms with Crippen LogP contribution in [0, 0.1) is 0 Å². The lowest BCUT2D eigenvalue weighted by atomic mass is 10.2. The molecule has 0 saturated heterocycles. The molecule has 1 saturated carbocycles. The summed E-state index contributed by atoms with van der Waals surface area (Å²) in [5.41, 5.74) is 0.870. The SMILES string of the molecule is O=C(Cn1cc(-c2nc(C3CC3)no2)ccc1=O)Nc1cccc(Cl)c1. The van der Waals surface area contributed by atoms with Gasteiger partial charge in [0.05, 0.1) is 5.56 Å². The molecule has 4 rings (SSSR count). The van der Waals surface area contributed by atoms with Crippen LogP contribution in [0.3, 0.4) is 0 Å². The maximum absolute atomic E-state index is 12.2. The Hall–Kier alpha value is -2.93. The molecule has 0 aliphatic heterocycles. The average molecular weight is 371 g/mol. The van der Waals surface area contributed by atoms with E-state index in [2.05, 4.69) is 15.5 Å². The van der Waals surface area contributed by atoms with Crippen LogP contribution in [0.5, 0.6) is 0 Å². The van der Waals surface area contributed by atoms with Gasteiger partial charge in [-0.3, -0.25) is 9.59 Å². The Labute approximate surface area is 153 Å². The molecule has 26 heavy (non-hydrogen) atoms. The van der Waals surface area contributed by atoms with Gasteiger partial charge in [0.25, 0.3) is 11.4 Å². The Kier molecular flexibility index (Phi) is 4.30. The largest absolute Gasteiger partial charge is 0.334 e. The smallest absolute Gasteiger partial charge is 0.259 e. The van der Waals surface area contributed by atoms with E-state index in [-0.39, 0.29) is 18.0 Å². The average Bonchev–Trinajstić information content (AvgIpc) is 3.34. The first kappa shape index (κ1) is 16.5. The van der Waals surface area contributed by atoms with E-state index in [0.29, 0.717) is 33.9 Å². The fraction of sp³-hybridized carbons (Fsp3) is 0.222. The maximum atomic E-state index is 12.2. The van der Waals surface area contributed by atoms with Crippen molar-refractivity contribution in [1.29, 1.82) is 0 Å². The number of halogens is 1. The third-order valence-electron chi connectivity index (χ3n) is 4.04. The molecule has 1 fully saturated rings. The van der Waals surface area contributed by atoms with E-state index in [1.54, 1.807) is 36.5 Å². The summed E-state index contributed by atoms with van der Waals surface area (Å²) in [4.78, 5) is 28.7. The number of aromatic nitrogens is 3. The molecule has 1 N–H and O–H groups in total. The first-order chi connectivity index (χ1) is 12.6. The minimum atomic E-state index is -0.337. The second-order valence-electron chi connectivity index (χ2n) is 6.17. The molecule has 0 spiro atoms. The number of hydrogen-bond acceptors (Lipinski definition) is 5. The van der Waals surface area contributed by atoms with Crippen molar-refractivity contribution in [2.45, 2.75) is 25.3 Å². The van der Waals surface area contributed by atoms with Crippen LogP contribution in [0.2, 0.25) is 5.02 Å². The molecule has 2 heterocycles. The lowest BCUT2D eigenvalue weighted by Crippen LogP contribution is -2.26. The fourth-order valence-electron chi connectivity index (χ4n) is 2.56. The number of nitrogens with zero attached hydrogens (tertiary/aromatic N) is 3. The van der Waals surface area contributed by atoms with Crippen LogP contribution in [0.25, 0.3) is 11.5 Å². The minimum Gasteiger partial charge on any atom is -0.334 e. The van der Waals surface area contributed by atoms with Crippen molar-refractivity contribution in [1.82, 2.24) is 14.7 Å². The summed E-state index contributed by atoms with van der Waals surface area (Å²) < 4.78 is 6.57. The van der Waals surface area contributed by atoms with E-state index >= 15 is 0 Å². The van der Waals surface area contributed by atoms with E-state index in [1.807, 2.05) is 0 Å². The fourth-order valence-corrected chi connectivity index (χ4v) is 2.75. The Morgan fingerprint density at radius 2 is 2.15 bits per heavy atom. The molecule has 132 valence electrons. The lowest BCUT2D eigenvalue weighted by molar-refractivity contribution is -0.116. The predicted molar refractivity (Wildman–Crippen MR) is 96.1 cm³/mol. The van der Waals surface area contributed by atoms with Crippen LogP contribution < -0.4 is 10.9 Å². The monoisotopic (exact) mass is 370 g/mol. The molecule has 3 aromatic rings. The van der Waals surface area contributed by atoms with E-state index < -0.39 is 0 Å². The number of hydrogen-bond donors (Lipinski definition) is 1. The quantitative estimate of drug-likeness (QED) is 0.745. The molecule has 1 aliphatic carbocycles. The lowest BCUT2D eigenvalue weighted by Gasteiger charge is -2.08. The zero-order chi connectivity index (χ0) is 18.1. The predicted octanol–water partition coefficient (Wildman–Crippen LogP) is 3.07. The van der Waals surface area contributed by atoms with Gasteiger partial charge in [0.15, 0.2) is 5.82 Å². The topological polar surface area (TPSA) is 90.0 Å².